The third-order valence-electron chi connectivity index (χ3n) is 5.74. The van der Waals surface area contributed by atoms with Crippen LogP contribution in [-0.2, 0) is 4.79 Å². The molecule has 0 aliphatic carbocycles. The summed E-state index contributed by atoms with van der Waals surface area (Å²) < 4.78 is 0. The minimum Gasteiger partial charge on any atom is -0.321 e. The maximum absolute atomic E-state index is 12.5. The van der Waals surface area contributed by atoms with Crippen LogP contribution in [-0.4, -0.2) is 50.3 Å². The van der Waals surface area contributed by atoms with Crippen LogP contribution in [0, 0.1) is 10.8 Å². The molecule has 0 radical (unpaired) electrons. The van der Waals surface area contributed by atoms with Crippen LogP contribution < -0.4 is 20.4 Å². The summed E-state index contributed by atoms with van der Waals surface area (Å²) >= 11 is 0. The summed E-state index contributed by atoms with van der Waals surface area (Å²) in [5.74, 6) is -0.0995. The molecule has 98 valence electrons. The van der Waals surface area contributed by atoms with Gasteiger partial charge in [0.05, 0.1) is 37.0 Å². The molecule has 4 bridgehead atoms. The van der Waals surface area contributed by atoms with Gasteiger partial charge in [-0.3, -0.25) is 19.9 Å². The van der Waals surface area contributed by atoms with Crippen LogP contribution in [0.5, 0.6) is 0 Å². The van der Waals surface area contributed by atoms with E-state index in [4.69, 9.17) is 0 Å². The molecular weight excluding hydrogens is 232 g/mol. The van der Waals surface area contributed by atoms with Crippen LogP contribution in [0.15, 0.2) is 0 Å². The standard InChI is InChI=1S/C12H18N4O2/c1-10-3-15-5-11(2,6-16(4-10)7-15)12(10)8(17)13-9(18)14-12/h3-7H2,1-2H3,(H2,13,14,17,18)/p+2. The highest BCUT2D eigenvalue weighted by Crippen LogP contribution is 2.48. The topological polar surface area (TPSA) is 67.1 Å². The number of nitrogens with one attached hydrogen (secondary N) is 4. The van der Waals surface area contributed by atoms with Gasteiger partial charge in [0.15, 0.2) is 5.54 Å². The van der Waals surface area contributed by atoms with E-state index < -0.39 is 5.54 Å². The molecule has 0 unspecified atom stereocenters. The summed E-state index contributed by atoms with van der Waals surface area (Å²) in [5.41, 5.74) is -0.945. The van der Waals surface area contributed by atoms with E-state index in [1.54, 1.807) is 9.80 Å². The van der Waals surface area contributed by atoms with Gasteiger partial charge in [-0.05, 0) is 13.8 Å². The van der Waals surface area contributed by atoms with Crippen LogP contribution in [0.1, 0.15) is 13.8 Å². The fraction of sp³-hybridized carbons (Fsp3) is 0.833. The number of carbonyl (C=O) groups excluding carboxylic acids is 2. The van der Waals surface area contributed by atoms with Crippen LogP contribution in [0.3, 0.4) is 0 Å². The van der Waals surface area contributed by atoms with Gasteiger partial charge in [-0.25, -0.2) is 4.79 Å². The lowest BCUT2D eigenvalue weighted by Gasteiger charge is -2.64. The van der Waals surface area contributed by atoms with Gasteiger partial charge >= 0.3 is 6.03 Å². The van der Waals surface area contributed by atoms with Crippen molar-refractivity contribution in [3.8, 4) is 0 Å². The van der Waals surface area contributed by atoms with E-state index in [9.17, 15) is 9.59 Å². The molecule has 4 N–H and O–H groups in total. The average molecular weight is 252 g/mol. The summed E-state index contributed by atoms with van der Waals surface area (Å²) in [5, 5.41) is 5.50. The van der Waals surface area contributed by atoms with Crippen LogP contribution >= 0.6 is 0 Å². The van der Waals surface area contributed by atoms with Crippen molar-refractivity contribution >= 4 is 11.9 Å². The minimum atomic E-state index is -0.690. The van der Waals surface area contributed by atoms with E-state index in [0.717, 1.165) is 32.8 Å². The summed E-state index contributed by atoms with van der Waals surface area (Å²) in [6.07, 6.45) is 0. The maximum atomic E-state index is 12.5. The van der Waals surface area contributed by atoms with Gasteiger partial charge in [0.2, 0.25) is 6.67 Å². The Labute approximate surface area is 106 Å². The molecule has 5 heterocycles. The molecule has 5 fully saturated rings. The van der Waals surface area contributed by atoms with E-state index in [1.807, 2.05) is 0 Å². The predicted molar refractivity (Wildman–Crippen MR) is 61.9 cm³/mol. The zero-order valence-corrected chi connectivity index (χ0v) is 10.9. The summed E-state index contributed by atoms with van der Waals surface area (Å²) in [6, 6.07) is -0.315. The smallest absolute Gasteiger partial charge is 0.321 e. The van der Waals surface area contributed by atoms with Gasteiger partial charge in [-0.2, -0.15) is 0 Å². The average Bonchev–Trinajstić information content (AvgIpc) is 2.51. The van der Waals surface area contributed by atoms with E-state index in [0.29, 0.717) is 0 Å². The number of hydrogen-bond donors (Lipinski definition) is 4. The Balaban J connectivity index is 1.92. The fourth-order valence-corrected chi connectivity index (χ4v) is 5.62. The largest absolute Gasteiger partial charge is 0.322 e. The highest BCUT2D eigenvalue weighted by Gasteiger charge is 2.78. The van der Waals surface area contributed by atoms with Crippen molar-refractivity contribution in [2.45, 2.75) is 19.4 Å². The van der Waals surface area contributed by atoms with Gasteiger partial charge in [0.1, 0.15) is 0 Å². The molecule has 0 aromatic rings. The molecule has 0 atom stereocenters. The van der Waals surface area contributed by atoms with Crippen LogP contribution in [0.2, 0.25) is 0 Å². The van der Waals surface area contributed by atoms with Gasteiger partial charge < -0.3 is 5.32 Å². The first-order valence-corrected chi connectivity index (χ1v) is 6.69. The zero-order valence-electron chi connectivity index (χ0n) is 10.9. The van der Waals surface area contributed by atoms with Crippen molar-refractivity contribution < 1.29 is 19.4 Å². The minimum absolute atomic E-state index is 0.0995. The van der Waals surface area contributed by atoms with Crippen molar-refractivity contribution in [3.63, 3.8) is 0 Å². The van der Waals surface area contributed by atoms with Gasteiger partial charge in [-0.1, -0.05) is 0 Å². The summed E-state index contributed by atoms with van der Waals surface area (Å²) in [7, 11) is 0. The number of piperidine rings is 2. The Morgan fingerprint density at radius 2 is 1.50 bits per heavy atom. The molecule has 5 rings (SSSR count). The first-order valence-electron chi connectivity index (χ1n) is 6.69. The van der Waals surface area contributed by atoms with E-state index in [2.05, 4.69) is 24.5 Å². The number of amides is 3. The molecule has 0 aromatic carbocycles. The third kappa shape index (κ3) is 0.915. The Morgan fingerprint density at radius 1 is 1.00 bits per heavy atom. The molecule has 6 nitrogen and oxygen atoms in total. The Bertz CT molecular complexity index is 439. The second kappa shape index (κ2) is 2.72. The number of urea groups is 1. The molecule has 5 aliphatic heterocycles. The number of carbonyl (C=O) groups is 2. The molecule has 5 aliphatic rings. The zero-order chi connectivity index (χ0) is 12.8. The third-order valence-corrected chi connectivity index (χ3v) is 5.74. The number of rotatable bonds is 0. The van der Waals surface area contributed by atoms with Crippen molar-refractivity contribution in [1.29, 1.82) is 0 Å². The van der Waals surface area contributed by atoms with E-state index >= 15 is 0 Å². The molecule has 1 spiro atoms. The van der Waals surface area contributed by atoms with Gasteiger partial charge in [0, 0.05) is 0 Å². The lowest BCUT2D eigenvalue weighted by Crippen LogP contribution is -3.42. The Hall–Kier alpha value is -1.14. The lowest BCUT2D eigenvalue weighted by molar-refractivity contribution is -1.14. The van der Waals surface area contributed by atoms with Crippen molar-refractivity contribution in [2.24, 2.45) is 10.8 Å². The normalized spacial score (nSPS) is 57.0. The highest BCUT2D eigenvalue weighted by molar-refractivity contribution is 6.08. The van der Waals surface area contributed by atoms with Crippen molar-refractivity contribution in [3.05, 3.63) is 0 Å². The second-order valence-corrected chi connectivity index (χ2v) is 7.16. The number of quaternary nitrogens is 2. The molecule has 18 heavy (non-hydrogen) atoms. The molecule has 0 saturated carbocycles. The molecule has 5 saturated heterocycles. The quantitative estimate of drug-likeness (QED) is 0.336. The van der Waals surface area contributed by atoms with Crippen LogP contribution in [0.25, 0.3) is 0 Å². The fourth-order valence-electron chi connectivity index (χ4n) is 5.62. The monoisotopic (exact) mass is 252 g/mol. The summed E-state index contributed by atoms with van der Waals surface area (Å²) in [6.45, 7) is 9.46. The van der Waals surface area contributed by atoms with Crippen LogP contribution in [0.4, 0.5) is 4.79 Å². The SMILES string of the molecule is CC12C[NH+]3C[NH+](C1)CC(C)(C3)C21NC(=O)NC1=O. The molecule has 0 aromatic heterocycles. The Kier molecular flexibility index (Phi) is 1.63. The van der Waals surface area contributed by atoms with Gasteiger partial charge in [0.25, 0.3) is 5.91 Å². The predicted octanol–water partition coefficient (Wildman–Crippen LogP) is -3.65. The lowest BCUT2D eigenvalue weighted by atomic mass is 9.50. The molecular formula is C12H20N4O2+2. The van der Waals surface area contributed by atoms with Crippen molar-refractivity contribution in [1.82, 2.24) is 10.6 Å². The van der Waals surface area contributed by atoms with Crippen molar-refractivity contribution in [2.75, 3.05) is 32.8 Å². The maximum Gasteiger partial charge on any atom is 0.322 e. The summed E-state index contributed by atoms with van der Waals surface area (Å²) in [4.78, 5) is 27.3. The van der Waals surface area contributed by atoms with E-state index in [1.165, 1.54) is 0 Å². The van der Waals surface area contributed by atoms with Gasteiger partial charge in [-0.15, -0.1) is 0 Å². The van der Waals surface area contributed by atoms with E-state index in [-0.39, 0.29) is 22.8 Å². The second-order valence-electron chi connectivity index (χ2n) is 7.16. The Morgan fingerprint density at radius 3 is 1.89 bits per heavy atom. The number of imide groups is 1. The highest BCUT2D eigenvalue weighted by atomic mass is 16.2. The molecule has 3 amide bonds. The number of hydrogen-bond acceptors (Lipinski definition) is 2. The first kappa shape index (κ1) is 10.8. The molecule has 6 heteroatoms. The first-order chi connectivity index (χ1) is 8.39.